The first-order chi connectivity index (χ1) is 7.76. The summed E-state index contributed by atoms with van der Waals surface area (Å²) in [6.07, 6.45) is 5.51. The van der Waals surface area contributed by atoms with Crippen LogP contribution in [0.5, 0.6) is 0 Å². The van der Waals surface area contributed by atoms with Crippen molar-refractivity contribution in [1.29, 1.82) is 0 Å². The maximum absolute atomic E-state index is 10.8. The zero-order chi connectivity index (χ0) is 11.8. The summed E-state index contributed by atoms with van der Waals surface area (Å²) < 4.78 is 6.71. The zero-order valence-electron chi connectivity index (χ0n) is 10.0. The van der Waals surface area contributed by atoms with Gasteiger partial charge in [0.15, 0.2) is 0 Å². The van der Waals surface area contributed by atoms with Crippen LogP contribution in [-0.2, 0) is 22.6 Å². The third kappa shape index (κ3) is 4.49. The molecule has 0 fully saturated rings. The smallest absolute Gasteiger partial charge is 0.305 e. The van der Waals surface area contributed by atoms with Gasteiger partial charge in [-0.05, 0) is 31.5 Å². The third-order valence-corrected chi connectivity index (χ3v) is 2.47. The number of methoxy groups -OCH3 is 1. The average Bonchev–Trinajstić information content (AvgIpc) is 2.76. The van der Waals surface area contributed by atoms with Crippen molar-refractivity contribution in [2.75, 3.05) is 13.7 Å². The lowest BCUT2D eigenvalue weighted by atomic mass is 10.3. The molecule has 1 aromatic rings. The normalized spacial score (nSPS) is 10.4. The van der Waals surface area contributed by atoms with Gasteiger partial charge in [0.2, 0.25) is 0 Å². The molecular formula is C12H20N2O2. The summed E-state index contributed by atoms with van der Waals surface area (Å²) in [6.45, 7) is 4.82. The van der Waals surface area contributed by atoms with Crippen LogP contribution in [0.1, 0.15) is 25.3 Å². The Labute approximate surface area is 96.6 Å². The molecular weight excluding hydrogens is 204 g/mol. The predicted octanol–water partition coefficient (Wildman–Crippen LogP) is 1.55. The molecule has 0 atom stereocenters. The number of ether oxygens (including phenoxy) is 1. The average molecular weight is 224 g/mol. The number of hydrogen-bond donors (Lipinski definition) is 1. The summed E-state index contributed by atoms with van der Waals surface area (Å²) in [5.74, 6) is -0.140. The standard InChI is InChI=1S/C12H20N2O2/c1-3-14-8-6-11(10-14)9-13-7-4-5-12(15)16-2/h6,8,10,13H,3-5,7,9H2,1-2H3. The Morgan fingerprint density at radius 1 is 1.56 bits per heavy atom. The Morgan fingerprint density at radius 3 is 3.00 bits per heavy atom. The monoisotopic (exact) mass is 224 g/mol. The Kier molecular flexibility index (Phi) is 5.64. The van der Waals surface area contributed by atoms with Crippen molar-refractivity contribution in [3.05, 3.63) is 24.0 Å². The molecule has 4 nitrogen and oxygen atoms in total. The SMILES string of the molecule is CCn1ccc(CNCCCC(=O)OC)c1. The van der Waals surface area contributed by atoms with Crippen LogP contribution in [0.25, 0.3) is 0 Å². The lowest BCUT2D eigenvalue weighted by Crippen LogP contribution is -2.15. The largest absolute Gasteiger partial charge is 0.469 e. The van der Waals surface area contributed by atoms with Crippen molar-refractivity contribution in [3.63, 3.8) is 0 Å². The molecule has 0 radical (unpaired) electrons. The van der Waals surface area contributed by atoms with E-state index in [1.807, 2.05) is 0 Å². The molecule has 0 bridgehead atoms. The van der Waals surface area contributed by atoms with Crippen LogP contribution in [0.3, 0.4) is 0 Å². The second kappa shape index (κ2) is 7.06. The van der Waals surface area contributed by atoms with Gasteiger partial charge in [0.25, 0.3) is 0 Å². The molecule has 0 amide bonds. The van der Waals surface area contributed by atoms with Crippen molar-refractivity contribution in [2.45, 2.75) is 32.9 Å². The fourth-order valence-corrected chi connectivity index (χ4v) is 1.48. The van der Waals surface area contributed by atoms with Gasteiger partial charge in [-0.25, -0.2) is 0 Å². The van der Waals surface area contributed by atoms with Crippen LogP contribution in [0.2, 0.25) is 0 Å². The third-order valence-electron chi connectivity index (χ3n) is 2.47. The van der Waals surface area contributed by atoms with Crippen LogP contribution in [0.15, 0.2) is 18.5 Å². The first-order valence-electron chi connectivity index (χ1n) is 5.68. The number of esters is 1. The van der Waals surface area contributed by atoms with Gasteiger partial charge in [0, 0.05) is 31.9 Å². The number of rotatable bonds is 7. The number of carbonyl (C=O) groups excluding carboxylic acids is 1. The van der Waals surface area contributed by atoms with Crippen molar-refractivity contribution >= 4 is 5.97 Å². The minimum atomic E-state index is -0.140. The Balaban J connectivity index is 2.09. The zero-order valence-corrected chi connectivity index (χ0v) is 10.0. The topological polar surface area (TPSA) is 43.3 Å². The number of nitrogens with one attached hydrogen (secondary N) is 1. The summed E-state index contributed by atoms with van der Waals surface area (Å²) >= 11 is 0. The highest BCUT2D eigenvalue weighted by molar-refractivity contribution is 5.69. The van der Waals surface area contributed by atoms with Crippen LogP contribution in [-0.4, -0.2) is 24.2 Å². The van der Waals surface area contributed by atoms with Crippen molar-refractivity contribution in [2.24, 2.45) is 0 Å². The van der Waals surface area contributed by atoms with Gasteiger partial charge in [-0.2, -0.15) is 0 Å². The molecule has 1 aromatic heterocycles. The Bertz CT molecular complexity index is 321. The minimum absolute atomic E-state index is 0.140. The van der Waals surface area contributed by atoms with Crippen LogP contribution >= 0.6 is 0 Å². The predicted molar refractivity (Wildman–Crippen MR) is 63.1 cm³/mol. The van der Waals surface area contributed by atoms with Gasteiger partial charge in [-0.1, -0.05) is 0 Å². The fourth-order valence-electron chi connectivity index (χ4n) is 1.48. The van der Waals surface area contributed by atoms with Gasteiger partial charge in [0.1, 0.15) is 0 Å². The number of hydrogen-bond acceptors (Lipinski definition) is 3. The highest BCUT2D eigenvalue weighted by Crippen LogP contribution is 2.00. The van der Waals surface area contributed by atoms with Gasteiger partial charge in [0.05, 0.1) is 7.11 Å². The first kappa shape index (κ1) is 12.8. The molecule has 0 aromatic carbocycles. The van der Waals surface area contributed by atoms with E-state index in [9.17, 15) is 4.79 Å². The van der Waals surface area contributed by atoms with E-state index in [0.717, 1.165) is 26.1 Å². The lowest BCUT2D eigenvalue weighted by Gasteiger charge is -2.02. The van der Waals surface area contributed by atoms with Crippen molar-refractivity contribution in [1.82, 2.24) is 9.88 Å². The molecule has 0 aliphatic heterocycles. The van der Waals surface area contributed by atoms with Crippen LogP contribution in [0.4, 0.5) is 0 Å². The summed E-state index contributed by atoms with van der Waals surface area (Å²) in [6, 6.07) is 2.11. The molecule has 16 heavy (non-hydrogen) atoms. The maximum atomic E-state index is 10.8. The summed E-state index contributed by atoms with van der Waals surface area (Å²) in [5.41, 5.74) is 1.28. The molecule has 1 rings (SSSR count). The Hall–Kier alpha value is -1.29. The summed E-state index contributed by atoms with van der Waals surface area (Å²) in [7, 11) is 1.42. The molecule has 90 valence electrons. The summed E-state index contributed by atoms with van der Waals surface area (Å²) in [4.78, 5) is 10.8. The van der Waals surface area contributed by atoms with E-state index in [4.69, 9.17) is 0 Å². The fraction of sp³-hybridized carbons (Fsp3) is 0.583. The molecule has 0 unspecified atom stereocenters. The van der Waals surface area contributed by atoms with E-state index in [0.29, 0.717) is 6.42 Å². The van der Waals surface area contributed by atoms with Crippen molar-refractivity contribution < 1.29 is 9.53 Å². The molecule has 1 N–H and O–H groups in total. The first-order valence-corrected chi connectivity index (χ1v) is 5.68. The molecule has 0 aliphatic carbocycles. The highest BCUT2D eigenvalue weighted by atomic mass is 16.5. The second-order valence-electron chi connectivity index (χ2n) is 3.71. The maximum Gasteiger partial charge on any atom is 0.305 e. The second-order valence-corrected chi connectivity index (χ2v) is 3.71. The number of aryl methyl sites for hydroxylation is 1. The number of carbonyl (C=O) groups is 1. The molecule has 4 heteroatoms. The van der Waals surface area contributed by atoms with Crippen molar-refractivity contribution in [3.8, 4) is 0 Å². The van der Waals surface area contributed by atoms with E-state index in [2.05, 4.69) is 40.0 Å². The van der Waals surface area contributed by atoms with E-state index in [1.54, 1.807) is 0 Å². The van der Waals surface area contributed by atoms with Gasteiger partial charge >= 0.3 is 5.97 Å². The lowest BCUT2D eigenvalue weighted by molar-refractivity contribution is -0.140. The van der Waals surface area contributed by atoms with E-state index >= 15 is 0 Å². The van der Waals surface area contributed by atoms with Gasteiger partial charge in [-0.3, -0.25) is 4.79 Å². The van der Waals surface area contributed by atoms with Crippen LogP contribution in [0, 0.1) is 0 Å². The molecule has 0 spiro atoms. The molecule has 0 saturated carbocycles. The van der Waals surface area contributed by atoms with Gasteiger partial charge < -0.3 is 14.6 Å². The minimum Gasteiger partial charge on any atom is -0.469 e. The Morgan fingerprint density at radius 2 is 2.38 bits per heavy atom. The van der Waals surface area contributed by atoms with E-state index in [1.165, 1.54) is 12.7 Å². The highest BCUT2D eigenvalue weighted by Gasteiger charge is 1.99. The molecule has 1 heterocycles. The number of aromatic nitrogens is 1. The number of nitrogens with zero attached hydrogens (tertiary/aromatic N) is 1. The molecule has 0 aliphatic rings. The van der Waals surface area contributed by atoms with E-state index < -0.39 is 0 Å². The van der Waals surface area contributed by atoms with E-state index in [-0.39, 0.29) is 5.97 Å². The quantitative estimate of drug-likeness (QED) is 0.564. The molecule has 0 saturated heterocycles. The summed E-state index contributed by atoms with van der Waals surface area (Å²) in [5, 5.41) is 3.30. The van der Waals surface area contributed by atoms with Gasteiger partial charge in [-0.15, -0.1) is 0 Å². The van der Waals surface area contributed by atoms with Crippen LogP contribution < -0.4 is 5.32 Å².